The van der Waals surface area contributed by atoms with Crippen LogP contribution in [-0.2, 0) is 9.59 Å². The zero-order valence-electron chi connectivity index (χ0n) is 29.0. The maximum Gasteiger partial charge on any atom is 0.303 e. The van der Waals surface area contributed by atoms with Crippen LogP contribution in [0.5, 0.6) is 0 Å². The van der Waals surface area contributed by atoms with Crippen LogP contribution >= 0.6 is 90.4 Å². The Morgan fingerprint density at radius 1 is 0.400 bits per heavy atom. The molecule has 0 aliphatic carbocycles. The summed E-state index contributed by atoms with van der Waals surface area (Å²) in [6.07, 6.45) is 34.1. The first kappa shape index (κ1) is 52.5. The Bertz CT molecular complexity index is 578. The third kappa shape index (κ3) is 47.1. The van der Waals surface area contributed by atoms with Crippen molar-refractivity contribution < 1.29 is 19.8 Å². The SMILES string of the molecule is CCCCCCC(I)CCC(I)CCCCCCCC(=O)O.CCCCCCC(I)CCC(I)CCCCCCCC(=O)O.[Ca]. The summed E-state index contributed by atoms with van der Waals surface area (Å²) >= 11 is 10.5. The second kappa shape index (κ2) is 41.5. The van der Waals surface area contributed by atoms with E-state index >= 15 is 0 Å². The quantitative estimate of drug-likeness (QED) is 0.0305. The van der Waals surface area contributed by atoms with Gasteiger partial charge in [-0.25, -0.2) is 0 Å². The summed E-state index contributed by atoms with van der Waals surface area (Å²) in [6.45, 7) is 4.54. The van der Waals surface area contributed by atoms with E-state index in [-0.39, 0.29) is 37.7 Å². The Morgan fingerprint density at radius 3 is 0.867 bits per heavy atom. The summed E-state index contributed by atoms with van der Waals surface area (Å²) in [4.78, 5) is 20.8. The van der Waals surface area contributed by atoms with Gasteiger partial charge in [-0.15, -0.1) is 0 Å². The predicted molar refractivity (Wildman–Crippen MR) is 233 cm³/mol. The number of carboxylic acid groups (broad SMARTS) is 2. The minimum Gasteiger partial charge on any atom is -0.481 e. The third-order valence-electron chi connectivity index (χ3n) is 8.14. The molecule has 0 aromatic rings. The van der Waals surface area contributed by atoms with E-state index < -0.39 is 11.9 Å². The van der Waals surface area contributed by atoms with Gasteiger partial charge in [-0.05, 0) is 64.2 Å². The van der Waals surface area contributed by atoms with Crippen molar-refractivity contribution in [2.45, 2.75) is 209 Å². The number of halogens is 4. The first-order chi connectivity index (χ1) is 21.1. The number of rotatable bonds is 32. The second-order valence-corrected chi connectivity index (χ2v) is 19.7. The van der Waals surface area contributed by atoms with Gasteiger partial charge in [0, 0.05) is 66.3 Å². The Hall–Kier alpha value is 3.12. The molecule has 0 aromatic carbocycles. The van der Waals surface area contributed by atoms with Crippen molar-refractivity contribution >= 4 is 140 Å². The standard InChI is InChI=1S/2C18H34I2O2.Ca/c2*1-2-3-4-8-11-16(19)14-15-17(20)12-9-6-5-7-10-13-18(21)22;/h2*16-17H,2-15H2,1H3,(H,21,22);. The van der Waals surface area contributed by atoms with Crippen LogP contribution in [0.2, 0.25) is 0 Å². The molecule has 0 saturated heterocycles. The van der Waals surface area contributed by atoms with Gasteiger partial charge in [0.05, 0.1) is 0 Å². The fourth-order valence-corrected chi connectivity index (χ4v) is 8.43. The van der Waals surface area contributed by atoms with Crippen molar-refractivity contribution in [3.63, 3.8) is 0 Å². The van der Waals surface area contributed by atoms with E-state index in [1.165, 1.54) is 141 Å². The molecule has 4 nitrogen and oxygen atoms in total. The molecular formula is C36H68CaI4O4. The molecule has 0 fully saturated rings. The second-order valence-electron chi connectivity index (χ2n) is 12.6. The minimum absolute atomic E-state index is 0. The summed E-state index contributed by atoms with van der Waals surface area (Å²) in [5.41, 5.74) is 0. The van der Waals surface area contributed by atoms with Gasteiger partial charge in [0.25, 0.3) is 0 Å². The summed E-state index contributed by atoms with van der Waals surface area (Å²) < 4.78 is 3.37. The number of carboxylic acids is 2. The molecule has 9 heteroatoms. The maximum absolute atomic E-state index is 10.4. The number of aliphatic carboxylic acids is 2. The first-order valence-electron chi connectivity index (χ1n) is 18.1. The van der Waals surface area contributed by atoms with Crippen LogP contribution in [0, 0.1) is 0 Å². The Balaban J connectivity index is -0.000000767. The smallest absolute Gasteiger partial charge is 0.303 e. The molecule has 4 atom stereocenters. The van der Waals surface area contributed by atoms with E-state index in [1.54, 1.807) is 0 Å². The van der Waals surface area contributed by atoms with Crippen molar-refractivity contribution in [2.24, 2.45) is 0 Å². The number of hydrogen-bond donors (Lipinski definition) is 2. The molecule has 2 N–H and O–H groups in total. The van der Waals surface area contributed by atoms with Crippen LogP contribution in [0.1, 0.15) is 194 Å². The molecule has 0 aromatic heterocycles. The molecule has 0 rings (SSSR count). The van der Waals surface area contributed by atoms with Crippen molar-refractivity contribution in [2.75, 3.05) is 0 Å². The zero-order valence-corrected chi connectivity index (χ0v) is 39.9. The van der Waals surface area contributed by atoms with E-state index in [4.69, 9.17) is 10.2 Å². The van der Waals surface area contributed by atoms with Crippen molar-refractivity contribution in [1.29, 1.82) is 0 Å². The van der Waals surface area contributed by atoms with E-state index in [9.17, 15) is 9.59 Å². The molecule has 0 bridgehead atoms. The average Bonchev–Trinajstić information content (AvgIpc) is 2.98. The average molecular weight is 1110 g/mol. The van der Waals surface area contributed by atoms with Crippen LogP contribution < -0.4 is 0 Å². The summed E-state index contributed by atoms with van der Waals surface area (Å²) in [5.74, 6) is -1.31. The molecule has 0 heterocycles. The zero-order chi connectivity index (χ0) is 33.3. The molecule has 0 aliphatic rings. The molecule has 0 spiro atoms. The minimum atomic E-state index is -0.657. The Kier molecular flexibility index (Phi) is 48.4. The molecule has 45 heavy (non-hydrogen) atoms. The molecule has 0 amide bonds. The predicted octanol–water partition coefficient (Wildman–Crippen LogP) is 13.9. The molecule has 266 valence electrons. The number of hydrogen-bond acceptors (Lipinski definition) is 2. The molecule has 2 radical (unpaired) electrons. The number of carbonyl (C=O) groups is 2. The van der Waals surface area contributed by atoms with Gasteiger partial charge in [-0.3, -0.25) is 9.59 Å². The van der Waals surface area contributed by atoms with E-state index in [2.05, 4.69) is 104 Å². The van der Waals surface area contributed by atoms with Gasteiger partial charge in [-0.2, -0.15) is 0 Å². The summed E-state index contributed by atoms with van der Waals surface area (Å²) in [7, 11) is 0. The topological polar surface area (TPSA) is 74.6 Å². The number of alkyl halides is 4. The molecule has 4 unspecified atom stereocenters. The normalized spacial score (nSPS) is 13.6. The summed E-state index contributed by atoms with van der Waals surface area (Å²) in [6, 6.07) is 0. The fraction of sp³-hybridized carbons (Fsp3) is 0.944. The molecule has 0 saturated carbocycles. The van der Waals surface area contributed by atoms with Crippen LogP contribution in [0.4, 0.5) is 0 Å². The Morgan fingerprint density at radius 2 is 0.622 bits per heavy atom. The van der Waals surface area contributed by atoms with Crippen LogP contribution in [-0.4, -0.2) is 75.6 Å². The number of unbranched alkanes of at least 4 members (excludes halogenated alkanes) is 14. The van der Waals surface area contributed by atoms with Gasteiger partial charge in [0.15, 0.2) is 0 Å². The van der Waals surface area contributed by atoms with Crippen molar-refractivity contribution in [1.82, 2.24) is 0 Å². The largest absolute Gasteiger partial charge is 0.481 e. The van der Waals surface area contributed by atoms with Crippen molar-refractivity contribution in [3.05, 3.63) is 0 Å². The van der Waals surface area contributed by atoms with Gasteiger partial charge >= 0.3 is 11.9 Å². The van der Waals surface area contributed by atoms with Crippen LogP contribution in [0.25, 0.3) is 0 Å². The van der Waals surface area contributed by atoms with Gasteiger partial charge < -0.3 is 10.2 Å². The Labute approximate surface area is 364 Å². The maximum atomic E-state index is 10.4. The monoisotopic (exact) mass is 1110 g/mol. The van der Waals surface area contributed by atoms with E-state index in [1.807, 2.05) is 0 Å². The van der Waals surface area contributed by atoms with E-state index in [0.717, 1.165) is 41.4 Å². The van der Waals surface area contributed by atoms with Crippen LogP contribution in [0.3, 0.4) is 0 Å². The van der Waals surface area contributed by atoms with Gasteiger partial charge in [-0.1, -0.05) is 207 Å². The molecular weight excluding hydrogens is 1040 g/mol. The van der Waals surface area contributed by atoms with Gasteiger partial charge in [0.2, 0.25) is 0 Å². The summed E-state index contributed by atoms with van der Waals surface area (Å²) in [5, 5.41) is 17.1. The van der Waals surface area contributed by atoms with Gasteiger partial charge in [0.1, 0.15) is 0 Å². The fourth-order valence-electron chi connectivity index (χ4n) is 5.23. The van der Waals surface area contributed by atoms with Crippen LogP contribution in [0.15, 0.2) is 0 Å². The van der Waals surface area contributed by atoms with E-state index in [0.29, 0.717) is 12.8 Å². The first-order valence-corrected chi connectivity index (χ1v) is 23.1. The third-order valence-corrected chi connectivity index (χ3v) is 13.1. The van der Waals surface area contributed by atoms with Crippen molar-refractivity contribution in [3.8, 4) is 0 Å². The molecule has 0 aliphatic heterocycles.